The van der Waals surface area contributed by atoms with E-state index in [1.54, 1.807) is 6.92 Å². The normalized spacial score (nSPS) is 11.8. The van der Waals surface area contributed by atoms with Crippen molar-refractivity contribution in [1.29, 1.82) is 0 Å². The molecule has 0 spiro atoms. The third-order valence-corrected chi connectivity index (χ3v) is 4.24. The van der Waals surface area contributed by atoms with Crippen LogP contribution in [0.25, 0.3) is 5.69 Å². The first-order chi connectivity index (χ1) is 13.5. The van der Waals surface area contributed by atoms with E-state index >= 15 is 0 Å². The van der Waals surface area contributed by atoms with Crippen molar-refractivity contribution in [3.63, 3.8) is 0 Å². The molecule has 0 radical (unpaired) electrons. The number of ether oxygens (including phenoxy) is 2. The van der Waals surface area contributed by atoms with Gasteiger partial charge < -0.3 is 9.47 Å². The van der Waals surface area contributed by atoms with Crippen LogP contribution in [0.5, 0.6) is 0 Å². The lowest BCUT2D eigenvalue weighted by Crippen LogP contribution is -2.52. The van der Waals surface area contributed by atoms with Crippen molar-refractivity contribution < 1.29 is 23.5 Å². The molecule has 1 atom stereocenters. The van der Waals surface area contributed by atoms with Gasteiger partial charge in [0.1, 0.15) is 5.82 Å². The molecule has 0 N–H and O–H groups in total. The Morgan fingerprint density at radius 1 is 1.10 bits per heavy atom. The van der Waals surface area contributed by atoms with Gasteiger partial charge >= 0.3 is 29.0 Å². The van der Waals surface area contributed by atoms with E-state index in [0.29, 0.717) is 19.8 Å². The highest BCUT2D eigenvalue weighted by atomic mass is 35.5. The fourth-order valence-corrected chi connectivity index (χ4v) is 2.60. The van der Waals surface area contributed by atoms with Crippen LogP contribution in [-0.2, 0) is 28.4 Å². The second-order valence-corrected chi connectivity index (χ2v) is 6.29. The maximum Gasteiger partial charge on any atom is 0.347 e. The van der Waals surface area contributed by atoms with Crippen molar-refractivity contribution in [3.05, 3.63) is 60.0 Å². The topological polar surface area (TPSA) is 119 Å². The first-order valence-corrected chi connectivity index (χ1v) is 8.65. The Balaban J connectivity index is 2.61. The van der Waals surface area contributed by atoms with E-state index in [1.807, 2.05) is 0 Å². The summed E-state index contributed by atoms with van der Waals surface area (Å²) in [6.07, 6.45) is -1.28. The summed E-state index contributed by atoms with van der Waals surface area (Å²) >= 11 is 5.89. The second kappa shape index (κ2) is 8.43. The number of nitrogens with zero attached hydrogens (tertiary/aromatic N) is 3. The maximum atomic E-state index is 14.5. The van der Waals surface area contributed by atoms with Gasteiger partial charge in [0.2, 0.25) is 0 Å². The molecule has 0 saturated heterocycles. The van der Waals surface area contributed by atoms with Crippen LogP contribution in [0.4, 0.5) is 4.39 Å². The van der Waals surface area contributed by atoms with Crippen LogP contribution in [-0.4, -0.2) is 38.4 Å². The van der Waals surface area contributed by atoms with Gasteiger partial charge in [-0.1, -0.05) is 11.6 Å². The Bertz CT molecular complexity index is 1130. The minimum Gasteiger partial charge on any atom is -0.463 e. The van der Waals surface area contributed by atoms with Gasteiger partial charge in [0.05, 0.1) is 22.9 Å². The van der Waals surface area contributed by atoms with Gasteiger partial charge in [-0.3, -0.25) is 0 Å². The van der Waals surface area contributed by atoms with Gasteiger partial charge in [-0.15, -0.1) is 0 Å². The first kappa shape index (κ1) is 22.1. The predicted octanol–water partition coefficient (Wildman–Crippen LogP) is 0.136. The van der Waals surface area contributed by atoms with E-state index in [0.717, 1.165) is 20.2 Å². The Kier molecular flexibility index (Phi) is 6.42. The van der Waals surface area contributed by atoms with E-state index in [-0.39, 0.29) is 11.6 Å². The average molecular weight is 430 g/mol. The van der Waals surface area contributed by atoms with Gasteiger partial charge in [0.25, 0.3) is 0 Å². The molecule has 12 heteroatoms. The van der Waals surface area contributed by atoms with Crippen LogP contribution in [0.3, 0.4) is 0 Å². The predicted molar refractivity (Wildman–Crippen MR) is 99.0 cm³/mol. The number of aromatic nitrogens is 3. The van der Waals surface area contributed by atoms with Crippen LogP contribution in [0.2, 0.25) is 5.02 Å². The van der Waals surface area contributed by atoms with Gasteiger partial charge in [-0.25, -0.2) is 42.1 Å². The smallest absolute Gasteiger partial charge is 0.347 e. The van der Waals surface area contributed by atoms with Gasteiger partial charge in [-0.2, -0.15) is 0 Å². The molecule has 1 aromatic heterocycles. The number of halogens is 2. The van der Waals surface area contributed by atoms with Gasteiger partial charge in [0, 0.05) is 14.1 Å². The molecule has 2 aromatic rings. The van der Waals surface area contributed by atoms with E-state index in [2.05, 4.69) is 0 Å². The fourth-order valence-electron chi connectivity index (χ4n) is 2.37. The van der Waals surface area contributed by atoms with Crippen LogP contribution >= 0.6 is 11.6 Å². The number of hydrogen-bond acceptors (Lipinski definition) is 7. The molecule has 0 bridgehead atoms. The molecule has 2 rings (SSSR count). The van der Waals surface area contributed by atoms with E-state index < -0.39 is 52.2 Å². The van der Waals surface area contributed by atoms with Crippen molar-refractivity contribution in [2.24, 2.45) is 14.1 Å². The molecule has 0 aliphatic heterocycles. The monoisotopic (exact) mass is 429 g/mol. The molecular formula is C17H17ClFN3O7. The summed E-state index contributed by atoms with van der Waals surface area (Å²) in [4.78, 5) is 60.5. The largest absolute Gasteiger partial charge is 0.463 e. The highest BCUT2D eigenvalue weighted by Crippen LogP contribution is 2.23. The molecule has 0 amide bonds. The van der Waals surface area contributed by atoms with Crippen molar-refractivity contribution in [1.82, 2.24) is 13.7 Å². The minimum absolute atomic E-state index is 0.0706. The number of hydrogen-bond donors (Lipinski definition) is 0. The quantitative estimate of drug-likeness (QED) is 0.620. The number of benzene rings is 1. The van der Waals surface area contributed by atoms with Crippen LogP contribution in [0, 0.1) is 5.82 Å². The molecule has 0 aliphatic carbocycles. The van der Waals surface area contributed by atoms with Crippen molar-refractivity contribution in [3.8, 4) is 5.69 Å². The number of carbonyl (C=O) groups is 2. The number of carbonyl (C=O) groups excluding carboxylic acids is 2. The van der Waals surface area contributed by atoms with Crippen LogP contribution in [0.1, 0.15) is 24.2 Å². The summed E-state index contributed by atoms with van der Waals surface area (Å²) in [6.45, 7) is 2.91. The molecule has 0 aliphatic rings. The van der Waals surface area contributed by atoms with Gasteiger partial charge in [0.15, 0.2) is 6.10 Å². The summed E-state index contributed by atoms with van der Waals surface area (Å²) in [6, 6.07) is 1.53. The third kappa shape index (κ3) is 4.14. The molecule has 1 aromatic carbocycles. The standard InChI is InChI=1S/C17H17ClFN3O7/c1-5-28-13(23)8(2)29-14(24)9-6-12(11(19)7-10(9)18)22-16(26)20(3)15(25)21(4)17(22)27/h6-8H,5H2,1-4H3. The van der Waals surface area contributed by atoms with Crippen LogP contribution in [0.15, 0.2) is 26.5 Å². The molecule has 10 nitrogen and oxygen atoms in total. The summed E-state index contributed by atoms with van der Waals surface area (Å²) in [5.74, 6) is -3.00. The van der Waals surface area contributed by atoms with Gasteiger partial charge in [-0.05, 0) is 26.0 Å². The van der Waals surface area contributed by atoms with Crippen molar-refractivity contribution in [2.45, 2.75) is 20.0 Å². The Morgan fingerprint density at radius 3 is 2.17 bits per heavy atom. The highest BCUT2D eigenvalue weighted by molar-refractivity contribution is 6.33. The SMILES string of the molecule is CCOC(=O)C(C)OC(=O)c1cc(-n2c(=O)n(C)c(=O)n(C)c2=O)c(F)cc1Cl. The van der Waals surface area contributed by atoms with E-state index in [9.17, 15) is 28.4 Å². The second-order valence-electron chi connectivity index (χ2n) is 5.88. The lowest BCUT2D eigenvalue weighted by molar-refractivity contribution is -0.152. The van der Waals surface area contributed by atoms with Crippen LogP contribution < -0.4 is 17.1 Å². The Labute approximate surface area is 167 Å². The summed E-state index contributed by atoms with van der Waals surface area (Å²) in [5, 5.41) is -0.373. The Morgan fingerprint density at radius 2 is 1.66 bits per heavy atom. The van der Waals surface area contributed by atoms with Crippen molar-refractivity contribution >= 4 is 23.5 Å². The summed E-state index contributed by atoms with van der Waals surface area (Å²) < 4.78 is 25.7. The molecule has 0 fully saturated rings. The molecule has 1 heterocycles. The third-order valence-electron chi connectivity index (χ3n) is 3.93. The number of rotatable bonds is 5. The summed E-state index contributed by atoms with van der Waals surface area (Å²) in [5.41, 5.74) is -4.18. The highest BCUT2D eigenvalue weighted by Gasteiger charge is 2.24. The Hall–Kier alpha value is -3.21. The lowest BCUT2D eigenvalue weighted by atomic mass is 10.2. The molecular weight excluding hydrogens is 413 g/mol. The minimum atomic E-state index is -1.28. The van der Waals surface area contributed by atoms with E-state index in [4.69, 9.17) is 21.1 Å². The molecule has 1 unspecified atom stereocenters. The molecule has 156 valence electrons. The molecule has 0 saturated carbocycles. The van der Waals surface area contributed by atoms with E-state index in [1.165, 1.54) is 6.92 Å². The zero-order valence-corrected chi connectivity index (χ0v) is 16.7. The molecule has 29 heavy (non-hydrogen) atoms. The first-order valence-electron chi connectivity index (χ1n) is 8.27. The zero-order chi connectivity index (χ0) is 22.0. The maximum absolute atomic E-state index is 14.5. The number of esters is 2. The lowest BCUT2D eigenvalue weighted by Gasteiger charge is -2.14. The zero-order valence-electron chi connectivity index (χ0n) is 15.9. The van der Waals surface area contributed by atoms with Crippen molar-refractivity contribution in [2.75, 3.05) is 6.61 Å². The fraction of sp³-hybridized carbons (Fsp3) is 0.353. The summed E-state index contributed by atoms with van der Waals surface area (Å²) in [7, 11) is 2.20. The average Bonchev–Trinajstić information content (AvgIpc) is 2.66.